The molecule has 2 aromatic heterocycles. The smallest absolute Gasteiger partial charge is 0.250 e. The van der Waals surface area contributed by atoms with Crippen LogP contribution < -0.4 is 5.32 Å². The summed E-state index contributed by atoms with van der Waals surface area (Å²) < 4.78 is 1.80. The van der Waals surface area contributed by atoms with Crippen molar-refractivity contribution in [3.63, 3.8) is 0 Å². The molecule has 0 aliphatic rings. The van der Waals surface area contributed by atoms with Gasteiger partial charge < -0.3 is 5.32 Å². The fourth-order valence-electron chi connectivity index (χ4n) is 1.79. The van der Waals surface area contributed by atoms with E-state index < -0.39 is 0 Å². The average molecular weight is 259 g/mol. The minimum absolute atomic E-state index is 0.457. The molecule has 0 unspecified atom stereocenters. The van der Waals surface area contributed by atoms with E-state index in [4.69, 9.17) is 0 Å². The summed E-state index contributed by atoms with van der Waals surface area (Å²) in [6.45, 7) is 11.1. The lowest BCUT2D eigenvalue weighted by Gasteiger charge is -2.08. The topological polar surface area (TPSA) is 55.6 Å². The van der Waals surface area contributed by atoms with E-state index in [1.54, 1.807) is 4.68 Å². The standard InChI is InChI=1S/C14H21N5/c1-9(2)15-6-13-7-16-14(17-8-13)19-12(5)10(3)11(4)18-19/h7-9,15H,6H2,1-5H3. The molecule has 0 amide bonds. The summed E-state index contributed by atoms with van der Waals surface area (Å²) in [6.07, 6.45) is 3.70. The average Bonchev–Trinajstić information content (AvgIpc) is 2.65. The van der Waals surface area contributed by atoms with Crippen LogP contribution in [0.2, 0.25) is 0 Å². The molecule has 1 N–H and O–H groups in total. The van der Waals surface area contributed by atoms with Crippen molar-refractivity contribution in [1.82, 2.24) is 25.1 Å². The summed E-state index contributed by atoms with van der Waals surface area (Å²) >= 11 is 0. The van der Waals surface area contributed by atoms with E-state index in [1.807, 2.05) is 26.2 Å². The van der Waals surface area contributed by atoms with Crippen LogP contribution in [-0.4, -0.2) is 25.8 Å². The molecule has 0 aliphatic heterocycles. The first kappa shape index (κ1) is 13.7. The highest BCUT2D eigenvalue weighted by Gasteiger charge is 2.10. The Bertz CT molecular complexity index is 554. The Morgan fingerprint density at radius 2 is 1.79 bits per heavy atom. The van der Waals surface area contributed by atoms with Crippen LogP contribution in [0.15, 0.2) is 12.4 Å². The molecule has 0 radical (unpaired) electrons. The summed E-state index contributed by atoms with van der Waals surface area (Å²) in [5.74, 6) is 0.627. The highest BCUT2D eigenvalue weighted by Crippen LogP contribution is 2.13. The Morgan fingerprint density at radius 3 is 2.26 bits per heavy atom. The van der Waals surface area contributed by atoms with Gasteiger partial charge in [0.25, 0.3) is 5.95 Å². The van der Waals surface area contributed by atoms with Crippen molar-refractivity contribution in [3.8, 4) is 5.95 Å². The van der Waals surface area contributed by atoms with Crippen LogP contribution in [0.1, 0.15) is 36.4 Å². The van der Waals surface area contributed by atoms with Gasteiger partial charge in [-0.15, -0.1) is 0 Å². The molecule has 0 atom stereocenters. The third-order valence-electron chi connectivity index (χ3n) is 3.25. The molecule has 0 aliphatic carbocycles. The molecule has 5 heteroatoms. The van der Waals surface area contributed by atoms with E-state index in [0.29, 0.717) is 12.0 Å². The normalized spacial score (nSPS) is 11.3. The van der Waals surface area contributed by atoms with Gasteiger partial charge in [0.1, 0.15) is 0 Å². The molecule has 2 heterocycles. The summed E-state index contributed by atoms with van der Waals surface area (Å²) in [7, 11) is 0. The molecule has 102 valence electrons. The van der Waals surface area contributed by atoms with Crippen molar-refractivity contribution in [3.05, 3.63) is 34.9 Å². The molecule has 0 saturated carbocycles. The lowest BCUT2D eigenvalue weighted by Crippen LogP contribution is -2.22. The monoisotopic (exact) mass is 259 g/mol. The van der Waals surface area contributed by atoms with E-state index in [-0.39, 0.29) is 0 Å². The van der Waals surface area contributed by atoms with Crippen molar-refractivity contribution in [2.75, 3.05) is 0 Å². The lowest BCUT2D eigenvalue weighted by atomic mass is 10.2. The maximum atomic E-state index is 4.46. The van der Waals surface area contributed by atoms with Crippen molar-refractivity contribution in [1.29, 1.82) is 0 Å². The van der Waals surface area contributed by atoms with Gasteiger partial charge in [0.2, 0.25) is 0 Å². The number of rotatable bonds is 4. The van der Waals surface area contributed by atoms with Crippen LogP contribution in [0.5, 0.6) is 0 Å². The number of aryl methyl sites for hydroxylation is 1. The molecule has 0 saturated heterocycles. The van der Waals surface area contributed by atoms with Crippen LogP contribution in [-0.2, 0) is 6.54 Å². The third kappa shape index (κ3) is 2.98. The molecule has 2 aromatic rings. The maximum absolute atomic E-state index is 4.46. The second-order valence-corrected chi connectivity index (χ2v) is 5.13. The number of hydrogen-bond acceptors (Lipinski definition) is 4. The van der Waals surface area contributed by atoms with Gasteiger partial charge in [0.15, 0.2) is 0 Å². The molecule has 0 aromatic carbocycles. The predicted octanol–water partition coefficient (Wildman–Crippen LogP) is 2.09. The minimum atomic E-state index is 0.457. The van der Waals surface area contributed by atoms with Crippen molar-refractivity contribution in [2.45, 2.75) is 47.2 Å². The van der Waals surface area contributed by atoms with Crippen LogP contribution in [0.3, 0.4) is 0 Å². The molecule has 2 rings (SSSR count). The molecule has 0 fully saturated rings. The van der Waals surface area contributed by atoms with Gasteiger partial charge in [-0.25, -0.2) is 14.6 Å². The van der Waals surface area contributed by atoms with Crippen molar-refractivity contribution >= 4 is 0 Å². The van der Waals surface area contributed by atoms with E-state index in [9.17, 15) is 0 Å². The minimum Gasteiger partial charge on any atom is -0.310 e. The second kappa shape index (κ2) is 5.48. The molecule has 0 bridgehead atoms. The van der Waals surface area contributed by atoms with Gasteiger partial charge in [0.05, 0.1) is 5.69 Å². The highest BCUT2D eigenvalue weighted by atomic mass is 15.4. The number of nitrogens with one attached hydrogen (secondary N) is 1. The molecule has 5 nitrogen and oxygen atoms in total. The summed E-state index contributed by atoms with van der Waals surface area (Å²) in [5.41, 5.74) is 4.38. The van der Waals surface area contributed by atoms with E-state index in [1.165, 1.54) is 5.56 Å². The maximum Gasteiger partial charge on any atom is 0.250 e. The first-order valence-electron chi connectivity index (χ1n) is 6.56. The van der Waals surface area contributed by atoms with Gasteiger partial charge in [-0.1, -0.05) is 13.8 Å². The van der Waals surface area contributed by atoms with Gasteiger partial charge in [-0.3, -0.25) is 0 Å². The van der Waals surface area contributed by atoms with Gasteiger partial charge in [0, 0.05) is 36.2 Å². The summed E-state index contributed by atoms with van der Waals surface area (Å²) in [4.78, 5) is 8.78. The zero-order valence-corrected chi connectivity index (χ0v) is 12.2. The summed E-state index contributed by atoms with van der Waals surface area (Å²) in [5, 5.41) is 7.80. The van der Waals surface area contributed by atoms with E-state index >= 15 is 0 Å². The predicted molar refractivity (Wildman–Crippen MR) is 75.3 cm³/mol. The number of nitrogens with zero attached hydrogens (tertiary/aromatic N) is 4. The largest absolute Gasteiger partial charge is 0.310 e. The molecular formula is C14H21N5. The second-order valence-electron chi connectivity index (χ2n) is 5.13. The Balaban J connectivity index is 2.20. The Morgan fingerprint density at radius 1 is 1.16 bits per heavy atom. The molecular weight excluding hydrogens is 238 g/mol. The fourth-order valence-corrected chi connectivity index (χ4v) is 1.79. The summed E-state index contributed by atoms with van der Waals surface area (Å²) in [6, 6.07) is 0.457. The Hall–Kier alpha value is -1.75. The Kier molecular flexibility index (Phi) is 3.95. The van der Waals surface area contributed by atoms with Crippen molar-refractivity contribution < 1.29 is 0 Å². The van der Waals surface area contributed by atoms with E-state index in [2.05, 4.69) is 41.2 Å². The van der Waals surface area contributed by atoms with Crippen LogP contribution >= 0.6 is 0 Å². The number of aromatic nitrogens is 4. The third-order valence-corrected chi connectivity index (χ3v) is 3.25. The molecule has 0 spiro atoms. The van der Waals surface area contributed by atoms with Gasteiger partial charge in [-0.2, -0.15) is 5.10 Å². The lowest BCUT2D eigenvalue weighted by molar-refractivity contribution is 0.586. The zero-order valence-electron chi connectivity index (χ0n) is 12.2. The highest BCUT2D eigenvalue weighted by molar-refractivity contribution is 5.28. The quantitative estimate of drug-likeness (QED) is 0.913. The SMILES string of the molecule is Cc1nn(-c2ncc(CNC(C)C)cn2)c(C)c1C. The first-order valence-corrected chi connectivity index (χ1v) is 6.56. The molecule has 19 heavy (non-hydrogen) atoms. The van der Waals surface area contributed by atoms with Crippen molar-refractivity contribution in [2.24, 2.45) is 0 Å². The Labute approximate surface area is 114 Å². The van der Waals surface area contributed by atoms with E-state index in [0.717, 1.165) is 23.5 Å². The van der Waals surface area contributed by atoms with Gasteiger partial charge in [-0.05, 0) is 26.3 Å². The fraction of sp³-hybridized carbons (Fsp3) is 0.500. The van der Waals surface area contributed by atoms with Crippen LogP contribution in [0.25, 0.3) is 5.95 Å². The zero-order chi connectivity index (χ0) is 14.0. The van der Waals surface area contributed by atoms with Crippen LogP contribution in [0, 0.1) is 20.8 Å². The number of hydrogen-bond donors (Lipinski definition) is 1. The van der Waals surface area contributed by atoms with Crippen LogP contribution in [0.4, 0.5) is 0 Å². The van der Waals surface area contributed by atoms with Gasteiger partial charge >= 0.3 is 0 Å². The first-order chi connectivity index (χ1) is 8.99.